The maximum Gasteiger partial charge on any atom is 0.416 e. The molecule has 7 nitrogen and oxygen atoms in total. The summed E-state index contributed by atoms with van der Waals surface area (Å²) in [5.41, 5.74) is 1.63. The number of benzene rings is 3. The van der Waals surface area contributed by atoms with Crippen LogP contribution in [-0.4, -0.2) is 50.1 Å². The van der Waals surface area contributed by atoms with Gasteiger partial charge in [0.15, 0.2) is 0 Å². The van der Waals surface area contributed by atoms with Gasteiger partial charge in [0, 0.05) is 43.1 Å². The maximum atomic E-state index is 13.7. The van der Waals surface area contributed by atoms with E-state index in [4.69, 9.17) is 9.73 Å². The maximum absolute atomic E-state index is 13.7. The SMILES string of the molecule is COC(=O)CC1c2cc(C#N)ccc2N=C(N2CCN(c3ccc(F)cc3)CC2)N1c1cccc(C(F)(F)F)c1. The summed E-state index contributed by atoms with van der Waals surface area (Å²) in [6, 6.07) is 17.3. The van der Waals surface area contributed by atoms with Crippen LogP contribution in [0.1, 0.15) is 29.2 Å². The first kappa shape index (κ1) is 27.0. The van der Waals surface area contributed by atoms with E-state index in [1.54, 1.807) is 41.3 Å². The van der Waals surface area contributed by atoms with Gasteiger partial charge in [-0.05, 0) is 60.7 Å². The van der Waals surface area contributed by atoms with Gasteiger partial charge in [-0.25, -0.2) is 9.38 Å². The second-order valence-corrected chi connectivity index (χ2v) is 9.46. The van der Waals surface area contributed by atoms with Crippen molar-refractivity contribution in [3.63, 3.8) is 0 Å². The summed E-state index contributed by atoms with van der Waals surface area (Å²) >= 11 is 0. The van der Waals surface area contributed by atoms with Gasteiger partial charge >= 0.3 is 12.1 Å². The molecule has 1 unspecified atom stereocenters. The molecule has 0 radical (unpaired) electrons. The number of hydrogen-bond donors (Lipinski definition) is 0. The first-order chi connectivity index (χ1) is 19.2. The van der Waals surface area contributed by atoms with Crippen LogP contribution in [0.4, 0.5) is 34.6 Å². The number of aliphatic imine (C=N–C) groups is 1. The van der Waals surface area contributed by atoms with Crippen molar-refractivity contribution in [1.82, 2.24) is 4.90 Å². The van der Waals surface area contributed by atoms with Crippen molar-refractivity contribution in [3.05, 3.63) is 89.2 Å². The molecule has 0 aromatic heterocycles. The number of rotatable bonds is 4. The van der Waals surface area contributed by atoms with E-state index in [0.717, 1.165) is 17.8 Å². The van der Waals surface area contributed by atoms with Crippen LogP contribution in [-0.2, 0) is 15.7 Å². The molecule has 3 aromatic rings. The Morgan fingerprint density at radius 1 is 1.00 bits per heavy atom. The zero-order valence-electron chi connectivity index (χ0n) is 21.5. The van der Waals surface area contributed by atoms with Crippen LogP contribution in [0.25, 0.3) is 0 Å². The number of carbonyl (C=O) groups excluding carboxylic acids is 1. The molecule has 3 aromatic carbocycles. The van der Waals surface area contributed by atoms with E-state index in [0.29, 0.717) is 49.0 Å². The van der Waals surface area contributed by atoms with Crippen LogP contribution in [0.15, 0.2) is 71.7 Å². The third-order valence-electron chi connectivity index (χ3n) is 7.06. The Kier molecular flexibility index (Phi) is 7.34. The highest BCUT2D eigenvalue weighted by Gasteiger charge is 2.38. The molecule has 1 fully saturated rings. The molecule has 2 aliphatic heterocycles. The van der Waals surface area contributed by atoms with Crippen LogP contribution in [0, 0.1) is 17.1 Å². The van der Waals surface area contributed by atoms with Crippen LogP contribution >= 0.6 is 0 Å². The molecule has 2 aliphatic rings. The van der Waals surface area contributed by atoms with Crippen LogP contribution in [0.3, 0.4) is 0 Å². The van der Waals surface area contributed by atoms with Gasteiger partial charge in [0.2, 0.25) is 5.96 Å². The van der Waals surface area contributed by atoms with Crippen LogP contribution in [0.2, 0.25) is 0 Å². The number of nitrogens with zero attached hydrogens (tertiary/aromatic N) is 5. The molecule has 0 saturated carbocycles. The van der Waals surface area contributed by atoms with Crippen molar-refractivity contribution >= 4 is 29.0 Å². The Bertz CT molecular complexity index is 1470. The Hall–Kier alpha value is -4.59. The lowest BCUT2D eigenvalue weighted by molar-refractivity contribution is -0.141. The summed E-state index contributed by atoms with van der Waals surface area (Å²) < 4.78 is 59.5. The highest BCUT2D eigenvalue weighted by atomic mass is 19.4. The predicted molar refractivity (Wildman–Crippen MR) is 142 cm³/mol. The van der Waals surface area contributed by atoms with Crippen molar-refractivity contribution in [2.75, 3.05) is 43.1 Å². The van der Waals surface area contributed by atoms with E-state index in [-0.39, 0.29) is 17.9 Å². The molecule has 0 bridgehead atoms. The molecule has 1 atom stereocenters. The van der Waals surface area contributed by atoms with Crippen molar-refractivity contribution in [1.29, 1.82) is 5.26 Å². The van der Waals surface area contributed by atoms with Gasteiger partial charge in [-0.3, -0.25) is 4.79 Å². The molecular formula is C29H25F4N5O2. The average molecular weight is 552 g/mol. The summed E-state index contributed by atoms with van der Waals surface area (Å²) in [6.07, 6.45) is -4.75. The zero-order valence-corrected chi connectivity index (χ0v) is 21.5. The summed E-state index contributed by atoms with van der Waals surface area (Å²) in [4.78, 5) is 23.1. The quantitative estimate of drug-likeness (QED) is 0.308. The fraction of sp³-hybridized carbons (Fsp3) is 0.276. The number of methoxy groups -OCH3 is 1. The molecular weight excluding hydrogens is 526 g/mol. The smallest absolute Gasteiger partial charge is 0.416 e. The lowest BCUT2D eigenvalue weighted by Crippen LogP contribution is -2.55. The molecule has 0 amide bonds. The number of esters is 1. The van der Waals surface area contributed by atoms with E-state index >= 15 is 0 Å². The van der Waals surface area contributed by atoms with E-state index in [2.05, 4.69) is 11.0 Å². The van der Waals surface area contributed by atoms with Crippen molar-refractivity contribution in [2.24, 2.45) is 4.99 Å². The summed E-state index contributed by atoms with van der Waals surface area (Å²) in [5, 5.41) is 9.50. The van der Waals surface area contributed by atoms with Gasteiger partial charge in [-0.1, -0.05) is 6.07 Å². The van der Waals surface area contributed by atoms with Gasteiger partial charge in [0.05, 0.1) is 42.5 Å². The number of halogens is 4. The van der Waals surface area contributed by atoms with Crippen molar-refractivity contribution in [3.8, 4) is 6.07 Å². The third kappa shape index (κ3) is 5.43. The normalized spacial score (nSPS) is 17.1. The lowest BCUT2D eigenvalue weighted by Gasteiger charge is -2.45. The van der Waals surface area contributed by atoms with Crippen molar-refractivity contribution < 1.29 is 27.1 Å². The largest absolute Gasteiger partial charge is 0.469 e. The van der Waals surface area contributed by atoms with Crippen molar-refractivity contribution in [2.45, 2.75) is 18.6 Å². The van der Waals surface area contributed by atoms with E-state index < -0.39 is 23.8 Å². The van der Waals surface area contributed by atoms with E-state index in [1.165, 1.54) is 25.3 Å². The molecule has 0 aliphatic carbocycles. The van der Waals surface area contributed by atoms with Gasteiger partial charge in [-0.15, -0.1) is 0 Å². The standard InChI is InChI=1S/C29H25F4N5O2/c1-40-27(39)17-26-24-15-19(18-34)5-10-25(24)35-28(38(26)23-4-2-3-20(16-23)29(31,32)33)37-13-11-36(12-14-37)22-8-6-21(30)7-9-22/h2-10,15-16,26H,11-14,17H2,1H3. The third-order valence-corrected chi connectivity index (χ3v) is 7.06. The number of piperazine rings is 1. The molecule has 0 spiro atoms. The second-order valence-electron chi connectivity index (χ2n) is 9.46. The minimum atomic E-state index is -4.58. The zero-order chi connectivity index (χ0) is 28.4. The Balaban J connectivity index is 1.58. The van der Waals surface area contributed by atoms with Gasteiger partial charge in [0.25, 0.3) is 0 Å². The minimum Gasteiger partial charge on any atom is -0.469 e. The first-order valence-corrected chi connectivity index (χ1v) is 12.6. The first-order valence-electron chi connectivity index (χ1n) is 12.6. The average Bonchev–Trinajstić information content (AvgIpc) is 2.96. The fourth-order valence-electron chi connectivity index (χ4n) is 5.04. The predicted octanol–water partition coefficient (Wildman–Crippen LogP) is 5.65. The van der Waals surface area contributed by atoms with Gasteiger partial charge in [-0.2, -0.15) is 18.4 Å². The molecule has 2 heterocycles. The number of nitriles is 1. The van der Waals surface area contributed by atoms with Crippen LogP contribution in [0.5, 0.6) is 0 Å². The number of carbonyl (C=O) groups is 1. The Labute approximate surface area is 228 Å². The number of anilines is 2. The summed E-state index contributed by atoms with van der Waals surface area (Å²) in [7, 11) is 1.25. The molecule has 206 valence electrons. The number of ether oxygens (including phenoxy) is 1. The second kappa shape index (κ2) is 10.9. The van der Waals surface area contributed by atoms with Gasteiger partial charge in [0.1, 0.15) is 5.82 Å². The minimum absolute atomic E-state index is 0.177. The summed E-state index contributed by atoms with van der Waals surface area (Å²) in [6.45, 7) is 2.07. The summed E-state index contributed by atoms with van der Waals surface area (Å²) in [5.74, 6) is -0.493. The number of alkyl halides is 3. The molecule has 5 rings (SSSR count). The lowest BCUT2D eigenvalue weighted by atomic mass is 9.95. The Morgan fingerprint density at radius 2 is 1.70 bits per heavy atom. The molecule has 0 N–H and O–H groups in total. The van der Waals surface area contributed by atoms with E-state index in [9.17, 15) is 27.6 Å². The van der Waals surface area contributed by atoms with Gasteiger partial charge < -0.3 is 19.4 Å². The number of hydrogen-bond acceptors (Lipinski definition) is 7. The highest BCUT2D eigenvalue weighted by molar-refractivity contribution is 6.01. The molecule has 40 heavy (non-hydrogen) atoms. The van der Waals surface area contributed by atoms with Crippen LogP contribution < -0.4 is 9.80 Å². The highest BCUT2D eigenvalue weighted by Crippen LogP contribution is 2.42. The monoisotopic (exact) mass is 551 g/mol. The molecule has 11 heteroatoms. The number of fused-ring (bicyclic) bond motifs is 1. The topological polar surface area (TPSA) is 72.2 Å². The Morgan fingerprint density at radius 3 is 2.35 bits per heavy atom. The fourth-order valence-corrected chi connectivity index (χ4v) is 5.04. The van der Waals surface area contributed by atoms with E-state index in [1.807, 2.05) is 4.90 Å². The number of guanidine groups is 1. The molecule has 1 saturated heterocycles.